The van der Waals surface area contributed by atoms with Gasteiger partial charge in [0.15, 0.2) is 0 Å². The minimum Gasteiger partial charge on any atom is -0.497 e. The van der Waals surface area contributed by atoms with Crippen molar-refractivity contribution in [1.29, 1.82) is 0 Å². The minimum atomic E-state index is 0.713. The molecule has 0 aliphatic carbocycles. The number of halogens is 1. The van der Waals surface area contributed by atoms with Crippen LogP contribution in [-0.4, -0.2) is 48.0 Å². The SMILES string of the molecule is CCN1CC[C@H](CNCc2cn(-c3ccc(OC)cc3)nc2-c2ccccc2Cl)C1. The Labute approximate surface area is 183 Å². The van der Waals surface area contributed by atoms with E-state index >= 15 is 0 Å². The summed E-state index contributed by atoms with van der Waals surface area (Å²) in [6.45, 7) is 7.56. The number of aromatic nitrogens is 2. The monoisotopic (exact) mass is 424 g/mol. The average Bonchev–Trinajstić information content (AvgIpc) is 3.41. The van der Waals surface area contributed by atoms with Gasteiger partial charge in [0.1, 0.15) is 5.75 Å². The van der Waals surface area contributed by atoms with Crippen LogP contribution in [0.2, 0.25) is 5.02 Å². The molecule has 2 aromatic carbocycles. The maximum atomic E-state index is 6.50. The van der Waals surface area contributed by atoms with Crippen LogP contribution in [0.25, 0.3) is 16.9 Å². The normalized spacial score (nSPS) is 16.8. The molecule has 0 radical (unpaired) electrons. The number of likely N-dealkylation sites (tertiary alicyclic amines) is 1. The summed E-state index contributed by atoms with van der Waals surface area (Å²) in [6.07, 6.45) is 3.36. The van der Waals surface area contributed by atoms with Crippen LogP contribution in [-0.2, 0) is 6.54 Å². The maximum absolute atomic E-state index is 6.50. The summed E-state index contributed by atoms with van der Waals surface area (Å²) in [6, 6.07) is 15.8. The fourth-order valence-electron chi connectivity index (χ4n) is 4.06. The van der Waals surface area contributed by atoms with Crippen LogP contribution in [0.15, 0.2) is 54.7 Å². The maximum Gasteiger partial charge on any atom is 0.119 e. The summed E-state index contributed by atoms with van der Waals surface area (Å²) in [4.78, 5) is 2.52. The Kier molecular flexibility index (Phi) is 6.72. The van der Waals surface area contributed by atoms with Gasteiger partial charge in [-0.15, -0.1) is 0 Å². The van der Waals surface area contributed by atoms with E-state index in [0.29, 0.717) is 10.9 Å². The molecule has 0 amide bonds. The predicted octanol–water partition coefficient (Wildman–Crippen LogP) is 4.63. The Hall–Kier alpha value is -2.34. The third kappa shape index (κ3) is 4.69. The molecule has 1 aliphatic heterocycles. The van der Waals surface area contributed by atoms with E-state index in [1.165, 1.54) is 19.5 Å². The largest absolute Gasteiger partial charge is 0.497 e. The Balaban J connectivity index is 1.56. The third-order valence-electron chi connectivity index (χ3n) is 5.82. The van der Waals surface area contributed by atoms with Crippen LogP contribution >= 0.6 is 11.6 Å². The number of nitrogens with zero attached hydrogens (tertiary/aromatic N) is 3. The van der Waals surface area contributed by atoms with Crippen molar-refractivity contribution >= 4 is 11.6 Å². The third-order valence-corrected chi connectivity index (χ3v) is 6.15. The van der Waals surface area contributed by atoms with Crippen molar-refractivity contribution in [2.45, 2.75) is 19.9 Å². The Morgan fingerprint density at radius 1 is 1.17 bits per heavy atom. The van der Waals surface area contributed by atoms with Crippen LogP contribution in [0.3, 0.4) is 0 Å². The van der Waals surface area contributed by atoms with Crippen molar-refractivity contribution in [2.75, 3.05) is 33.3 Å². The average molecular weight is 425 g/mol. The van der Waals surface area contributed by atoms with Gasteiger partial charge in [-0.2, -0.15) is 5.10 Å². The van der Waals surface area contributed by atoms with Crippen LogP contribution < -0.4 is 10.1 Å². The number of rotatable bonds is 8. The van der Waals surface area contributed by atoms with Gasteiger partial charge in [0.2, 0.25) is 0 Å². The number of benzene rings is 2. The zero-order chi connectivity index (χ0) is 20.9. The molecule has 0 spiro atoms. The molecule has 5 nitrogen and oxygen atoms in total. The molecule has 0 bridgehead atoms. The zero-order valence-electron chi connectivity index (χ0n) is 17.6. The first kappa shape index (κ1) is 20.9. The lowest BCUT2D eigenvalue weighted by Crippen LogP contribution is -2.26. The lowest BCUT2D eigenvalue weighted by Gasteiger charge is -2.13. The van der Waals surface area contributed by atoms with Crippen molar-refractivity contribution in [1.82, 2.24) is 20.0 Å². The number of methoxy groups -OCH3 is 1. The summed E-state index contributed by atoms with van der Waals surface area (Å²) in [5.74, 6) is 1.54. The molecule has 30 heavy (non-hydrogen) atoms. The van der Waals surface area contributed by atoms with Crippen molar-refractivity contribution in [3.63, 3.8) is 0 Å². The first-order chi connectivity index (χ1) is 14.7. The van der Waals surface area contributed by atoms with E-state index < -0.39 is 0 Å². The Bertz CT molecular complexity index is 970. The van der Waals surface area contributed by atoms with Crippen molar-refractivity contribution in [2.24, 2.45) is 5.92 Å². The molecule has 1 aromatic heterocycles. The summed E-state index contributed by atoms with van der Waals surface area (Å²) in [5, 5.41) is 9.26. The highest BCUT2D eigenvalue weighted by Crippen LogP contribution is 2.30. The van der Waals surface area contributed by atoms with E-state index in [9.17, 15) is 0 Å². The first-order valence-electron chi connectivity index (χ1n) is 10.6. The standard InChI is InChI=1S/C24H29ClN4O/c1-3-28-13-12-18(16-28)14-26-15-19-17-29(20-8-10-21(30-2)11-9-20)27-24(19)22-6-4-5-7-23(22)25/h4-11,17-18,26H,3,12-16H2,1-2H3/t18-/m1/s1. The van der Waals surface area contributed by atoms with E-state index in [1.54, 1.807) is 7.11 Å². The second kappa shape index (κ2) is 9.65. The zero-order valence-corrected chi connectivity index (χ0v) is 18.4. The van der Waals surface area contributed by atoms with Crippen LogP contribution in [0.4, 0.5) is 0 Å². The Morgan fingerprint density at radius 2 is 1.97 bits per heavy atom. The minimum absolute atomic E-state index is 0.713. The van der Waals surface area contributed by atoms with Gasteiger partial charge in [-0.3, -0.25) is 0 Å². The molecule has 0 unspecified atom stereocenters. The summed E-state index contributed by atoms with van der Waals surface area (Å²) in [5.41, 5.74) is 4.01. The molecular formula is C24H29ClN4O. The summed E-state index contributed by atoms with van der Waals surface area (Å²) >= 11 is 6.50. The van der Waals surface area contributed by atoms with E-state index in [2.05, 4.69) is 23.3 Å². The van der Waals surface area contributed by atoms with Gasteiger partial charge in [-0.05, 0) is 62.3 Å². The fourth-order valence-corrected chi connectivity index (χ4v) is 4.29. The molecule has 1 fully saturated rings. The summed E-state index contributed by atoms with van der Waals surface area (Å²) in [7, 11) is 1.67. The van der Waals surface area contributed by atoms with Gasteiger partial charge in [0.25, 0.3) is 0 Å². The van der Waals surface area contributed by atoms with E-state index in [0.717, 1.165) is 47.9 Å². The second-order valence-corrected chi connectivity index (χ2v) is 8.21. The van der Waals surface area contributed by atoms with E-state index in [4.69, 9.17) is 21.4 Å². The molecule has 158 valence electrons. The molecule has 0 saturated carbocycles. The summed E-state index contributed by atoms with van der Waals surface area (Å²) < 4.78 is 7.20. The molecule has 2 heterocycles. The molecule has 6 heteroatoms. The molecule has 3 aromatic rings. The molecular weight excluding hydrogens is 396 g/mol. The number of nitrogens with one attached hydrogen (secondary N) is 1. The van der Waals surface area contributed by atoms with Gasteiger partial charge < -0.3 is 15.0 Å². The predicted molar refractivity (Wildman–Crippen MR) is 122 cm³/mol. The van der Waals surface area contributed by atoms with Gasteiger partial charge in [-0.25, -0.2) is 4.68 Å². The van der Waals surface area contributed by atoms with Crippen LogP contribution in [0.5, 0.6) is 5.75 Å². The lowest BCUT2D eigenvalue weighted by molar-refractivity contribution is 0.339. The highest BCUT2D eigenvalue weighted by molar-refractivity contribution is 6.33. The number of hydrogen-bond donors (Lipinski definition) is 1. The van der Waals surface area contributed by atoms with Crippen LogP contribution in [0, 0.1) is 5.92 Å². The van der Waals surface area contributed by atoms with Crippen molar-refractivity contribution in [3.05, 3.63) is 65.3 Å². The van der Waals surface area contributed by atoms with Gasteiger partial charge in [0, 0.05) is 30.4 Å². The number of hydrogen-bond acceptors (Lipinski definition) is 4. The molecule has 4 rings (SSSR count). The topological polar surface area (TPSA) is 42.3 Å². The fraction of sp³-hybridized carbons (Fsp3) is 0.375. The second-order valence-electron chi connectivity index (χ2n) is 7.80. The van der Waals surface area contributed by atoms with E-state index in [-0.39, 0.29) is 0 Å². The number of ether oxygens (including phenoxy) is 1. The van der Waals surface area contributed by atoms with Gasteiger partial charge >= 0.3 is 0 Å². The quantitative estimate of drug-likeness (QED) is 0.572. The highest BCUT2D eigenvalue weighted by Gasteiger charge is 2.21. The van der Waals surface area contributed by atoms with Gasteiger partial charge in [0.05, 0.1) is 23.5 Å². The Morgan fingerprint density at radius 3 is 2.67 bits per heavy atom. The smallest absolute Gasteiger partial charge is 0.119 e. The van der Waals surface area contributed by atoms with Crippen molar-refractivity contribution < 1.29 is 4.74 Å². The molecule has 1 N–H and O–H groups in total. The van der Waals surface area contributed by atoms with E-state index in [1.807, 2.05) is 53.2 Å². The van der Waals surface area contributed by atoms with Crippen LogP contribution in [0.1, 0.15) is 18.9 Å². The van der Waals surface area contributed by atoms with Gasteiger partial charge in [-0.1, -0.05) is 36.7 Å². The molecule has 1 saturated heterocycles. The molecule has 1 aliphatic rings. The highest BCUT2D eigenvalue weighted by atomic mass is 35.5. The van der Waals surface area contributed by atoms with Crippen molar-refractivity contribution in [3.8, 4) is 22.7 Å². The molecule has 1 atom stereocenters. The lowest BCUT2D eigenvalue weighted by atomic mass is 10.1. The first-order valence-corrected chi connectivity index (χ1v) is 11.0.